The van der Waals surface area contributed by atoms with Crippen molar-refractivity contribution in [1.82, 2.24) is 10.2 Å². The van der Waals surface area contributed by atoms with Gasteiger partial charge in [-0.05, 0) is 56.1 Å². The van der Waals surface area contributed by atoms with Crippen molar-refractivity contribution < 1.29 is 14.3 Å². The largest absolute Gasteiger partial charge is 0.375 e. The van der Waals surface area contributed by atoms with Gasteiger partial charge in [0.2, 0.25) is 11.8 Å². The van der Waals surface area contributed by atoms with Crippen LogP contribution in [-0.2, 0) is 27.2 Å². The van der Waals surface area contributed by atoms with E-state index in [1.807, 2.05) is 18.7 Å². The molecule has 5 nitrogen and oxygen atoms in total. The van der Waals surface area contributed by atoms with Crippen LogP contribution in [0.25, 0.3) is 0 Å². The van der Waals surface area contributed by atoms with Crippen LogP contribution in [0.2, 0.25) is 0 Å². The highest BCUT2D eigenvalue weighted by Gasteiger charge is 2.44. The molecule has 0 spiro atoms. The van der Waals surface area contributed by atoms with E-state index in [4.69, 9.17) is 4.74 Å². The topological polar surface area (TPSA) is 58.6 Å². The smallest absolute Gasteiger partial charge is 0.245 e. The molecule has 4 rings (SSSR count). The SMILES string of the molecule is CCC(C)C(=O)N[C@H]1CC[C@H]2CC[C@@H](COC3Cc4ccccc4C3)N2C1=O. The van der Waals surface area contributed by atoms with Crippen LogP contribution in [0.4, 0.5) is 0 Å². The van der Waals surface area contributed by atoms with Gasteiger partial charge >= 0.3 is 0 Å². The van der Waals surface area contributed by atoms with E-state index in [1.54, 1.807) is 0 Å². The molecule has 2 heterocycles. The Morgan fingerprint density at radius 2 is 1.86 bits per heavy atom. The van der Waals surface area contributed by atoms with E-state index in [0.29, 0.717) is 12.6 Å². The zero-order valence-electron chi connectivity index (χ0n) is 17.0. The van der Waals surface area contributed by atoms with Crippen molar-refractivity contribution in [1.29, 1.82) is 0 Å². The van der Waals surface area contributed by atoms with E-state index in [1.165, 1.54) is 11.1 Å². The number of nitrogens with zero attached hydrogens (tertiary/aromatic N) is 1. The molecule has 0 radical (unpaired) electrons. The standard InChI is InChI=1S/C23H32N2O3/c1-3-15(2)22(26)24-21-11-10-18-8-9-19(25(18)23(21)27)14-28-20-12-16-6-4-5-7-17(16)13-20/h4-7,15,18-21H,3,8-14H2,1-2H3,(H,24,26)/t15?,18-,19+,21+/m1/s1. The van der Waals surface area contributed by atoms with Crippen LogP contribution in [0.3, 0.4) is 0 Å². The third-order valence-corrected chi connectivity index (χ3v) is 6.88. The average Bonchev–Trinajstić information content (AvgIpc) is 3.31. The van der Waals surface area contributed by atoms with Crippen LogP contribution < -0.4 is 5.32 Å². The van der Waals surface area contributed by atoms with Crippen molar-refractivity contribution in [2.75, 3.05) is 6.61 Å². The molecule has 4 atom stereocenters. The Bertz CT molecular complexity index is 709. The van der Waals surface area contributed by atoms with Gasteiger partial charge in [0.15, 0.2) is 0 Å². The first-order chi connectivity index (χ1) is 13.6. The summed E-state index contributed by atoms with van der Waals surface area (Å²) in [6.07, 6.45) is 6.73. The third kappa shape index (κ3) is 3.82. The van der Waals surface area contributed by atoms with E-state index in [-0.39, 0.29) is 35.9 Å². The van der Waals surface area contributed by atoms with Crippen molar-refractivity contribution in [3.8, 4) is 0 Å². The number of carbonyl (C=O) groups excluding carboxylic acids is 2. The number of hydrogen-bond donors (Lipinski definition) is 1. The van der Waals surface area contributed by atoms with E-state index < -0.39 is 0 Å². The first kappa shape index (κ1) is 19.4. The lowest BCUT2D eigenvalue weighted by atomic mass is 9.97. The van der Waals surface area contributed by atoms with Gasteiger partial charge < -0.3 is 15.0 Å². The Hall–Kier alpha value is -1.88. The van der Waals surface area contributed by atoms with Gasteiger partial charge in [0.25, 0.3) is 0 Å². The number of amides is 2. The summed E-state index contributed by atoms with van der Waals surface area (Å²) in [4.78, 5) is 27.4. The van der Waals surface area contributed by atoms with E-state index in [9.17, 15) is 9.59 Å². The highest BCUT2D eigenvalue weighted by molar-refractivity contribution is 5.89. The average molecular weight is 385 g/mol. The second kappa shape index (κ2) is 8.24. The molecule has 2 fully saturated rings. The van der Waals surface area contributed by atoms with Crippen LogP contribution in [0.1, 0.15) is 57.1 Å². The van der Waals surface area contributed by atoms with Crippen LogP contribution in [0.5, 0.6) is 0 Å². The number of piperidine rings is 1. The van der Waals surface area contributed by atoms with Crippen molar-refractivity contribution in [2.45, 2.75) is 83.0 Å². The summed E-state index contributed by atoms with van der Waals surface area (Å²) in [5, 5.41) is 2.99. The molecule has 2 saturated heterocycles. The highest BCUT2D eigenvalue weighted by atomic mass is 16.5. The molecule has 1 unspecified atom stereocenters. The molecular weight excluding hydrogens is 352 g/mol. The summed E-state index contributed by atoms with van der Waals surface area (Å²) in [5.74, 6) is 0.0379. The summed E-state index contributed by atoms with van der Waals surface area (Å²) in [5.41, 5.74) is 2.78. The molecule has 0 saturated carbocycles. The van der Waals surface area contributed by atoms with E-state index >= 15 is 0 Å². The molecule has 1 N–H and O–H groups in total. The molecule has 5 heteroatoms. The summed E-state index contributed by atoms with van der Waals surface area (Å²) in [6.45, 7) is 4.52. The van der Waals surface area contributed by atoms with Crippen LogP contribution in [-0.4, -0.2) is 47.6 Å². The van der Waals surface area contributed by atoms with Crippen LogP contribution in [0.15, 0.2) is 24.3 Å². The minimum absolute atomic E-state index is 0.00461. The van der Waals surface area contributed by atoms with Crippen LogP contribution in [0, 0.1) is 5.92 Å². The normalized spacial score (nSPS) is 28.1. The number of carbonyl (C=O) groups is 2. The molecule has 0 aromatic heterocycles. The fourth-order valence-corrected chi connectivity index (χ4v) is 4.95. The van der Waals surface area contributed by atoms with Gasteiger partial charge in [-0.1, -0.05) is 38.1 Å². The second-order valence-corrected chi connectivity index (χ2v) is 8.71. The number of nitrogens with one attached hydrogen (secondary N) is 1. The monoisotopic (exact) mass is 384 g/mol. The fraction of sp³-hybridized carbons (Fsp3) is 0.652. The van der Waals surface area contributed by atoms with Gasteiger partial charge in [0.05, 0.1) is 18.8 Å². The molecular formula is C23H32N2O3. The van der Waals surface area contributed by atoms with Crippen molar-refractivity contribution in [3.63, 3.8) is 0 Å². The Labute approximate surface area is 167 Å². The Balaban J connectivity index is 1.33. The molecule has 1 aromatic rings. The Morgan fingerprint density at radius 3 is 2.54 bits per heavy atom. The quantitative estimate of drug-likeness (QED) is 0.820. The number of fused-ring (bicyclic) bond motifs is 2. The zero-order valence-corrected chi connectivity index (χ0v) is 17.0. The summed E-state index contributed by atoms with van der Waals surface area (Å²) >= 11 is 0. The molecule has 1 aromatic carbocycles. The van der Waals surface area contributed by atoms with Gasteiger partial charge in [-0.2, -0.15) is 0 Å². The lowest BCUT2D eigenvalue weighted by molar-refractivity contribution is -0.144. The number of hydrogen-bond acceptors (Lipinski definition) is 3. The highest BCUT2D eigenvalue weighted by Crippen LogP contribution is 2.33. The molecule has 0 bridgehead atoms. The predicted octanol–water partition coefficient (Wildman–Crippen LogP) is 2.85. The molecule has 2 aliphatic heterocycles. The maximum Gasteiger partial charge on any atom is 0.245 e. The van der Waals surface area contributed by atoms with Crippen molar-refractivity contribution in [3.05, 3.63) is 35.4 Å². The summed E-state index contributed by atoms with van der Waals surface area (Å²) < 4.78 is 6.26. The maximum absolute atomic E-state index is 13.1. The van der Waals surface area contributed by atoms with E-state index in [2.05, 4.69) is 29.6 Å². The van der Waals surface area contributed by atoms with Gasteiger partial charge in [-0.3, -0.25) is 9.59 Å². The van der Waals surface area contributed by atoms with Crippen LogP contribution >= 0.6 is 0 Å². The summed E-state index contributed by atoms with van der Waals surface area (Å²) in [7, 11) is 0. The lowest BCUT2D eigenvalue weighted by Crippen LogP contribution is -2.57. The minimum atomic E-state index is -0.367. The number of ether oxygens (including phenoxy) is 1. The second-order valence-electron chi connectivity index (χ2n) is 8.71. The predicted molar refractivity (Wildman–Crippen MR) is 108 cm³/mol. The Kier molecular flexibility index (Phi) is 5.72. The molecule has 152 valence electrons. The van der Waals surface area contributed by atoms with Crippen molar-refractivity contribution in [2.24, 2.45) is 5.92 Å². The first-order valence-corrected chi connectivity index (χ1v) is 10.9. The van der Waals surface area contributed by atoms with Gasteiger partial charge in [0, 0.05) is 12.0 Å². The Morgan fingerprint density at radius 1 is 1.18 bits per heavy atom. The molecule has 2 amide bonds. The third-order valence-electron chi connectivity index (χ3n) is 6.88. The number of benzene rings is 1. The maximum atomic E-state index is 13.1. The van der Waals surface area contributed by atoms with Crippen molar-refractivity contribution >= 4 is 11.8 Å². The first-order valence-electron chi connectivity index (χ1n) is 10.9. The minimum Gasteiger partial charge on any atom is -0.375 e. The summed E-state index contributed by atoms with van der Waals surface area (Å²) in [6, 6.07) is 8.63. The number of rotatable bonds is 6. The molecule has 28 heavy (non-hydrogen) atoms. The van der Waals surface area contributed by atoms with Gasteiger partial charge in [-0.25, -0.2) is 0 Å². The van der Waals surface area contributed by atoms with Gasteiger partial charge in [-0.15, -0.1) is 0 Å². The molecule has 3 aliphatic rings. The van der Waals surface area contributed by atoms with E-state index in [0.717, 1.165) is 44.9 Å². The fourth-order valence-electron chi connectivity index (χ4n) is 4.95. The van der Waals surface area contributed by atoms with Gasteiger partial charge in [0.1, 0.15) is 6.04 Å². The molecule has 1 aliphatic carbocycles. The zero-order chi connectivity index (χ0) is 19.7. The lowest BCUT2D eigenvalue weighted by Gasteiger charge is -2.38.